The van der Waals surface area contributed by atoms with Crippen molar-refractivity contribution in [3.63, 3.8) is 0 Å². The summed E-state index contributed by atoms with van der Waals surface area (Å²) in [7, 11) is 0. The van der Waals surface area contributed by atoms with Crippen LogP contribution < -0.4 is 15.1 Å². The number of fused-ring (bicyclic) bond motifs is 2. The van der Waals surface area contributed by atoms with Crippen LogP contribution in [0.2, 0.25) is 0 Å². The van der Waals surface area contributed by atoms with Crippen molar-refractivity contribution in [1.82, 2.24) is 4.98 Å². The Kier molecular flexibility index (Phi) is 5.86. The van der Waals surface area contributed by atoms with Crippen molar-refractivity contribution in [2.75, 3.05) is 18.1 Å². The van der Waals surface area contributed by atoms with E-state index in [1.54, 1.807) is 50.2 Å². The fourth-order valence-corrected chi connectivity index (χ4v) is 5.23. The van der Waals surface area contributed by atoms with Gasteiger partial charge in [0.15, 0.2) is 10.6 Å². The molecule has 0 bridgehead atoms. The molecule has 8 nitrogen and oxygen atoms in total. The second-order valence-corrected chi connectivity index (χ2v) is 8.86. The first kappa shape index (κ1) is 22.8. The monoisotopic (exact) mass is 490 g/mol. The number of aromatic nitrogens is 1. The fourth-order valence-electron chi connectivity index (χ4n) is 4.24. The average molecular weight is 491 g/mol. The minimum absolute atomic E-state index is 0.0361. The molecule has 0 N–H and O–H groups in total. The van der Waals surface area contributed by atoms with Crippen LogP contribution in [0.15, 0.2) is 57.7 Å². The number of carbonyl (C=O) groups excluding carboxylic acids is 2. The van der Waals surface area contributed by atoms with Crippen molar-refractivity contribution in [2.45, 2.75) is 26.8 Å². The molecule has 5 rings (SSSR count). The van der Waals surface area contributed by atoms with Crippen molar-refractivity contribution in [3.05, 3.63) is 86.2 Å². The molecule has 0 radical (unpaired) electrons. The molecule has 35 heavy (non-hydrogen) atoms. The lowest BCUT2D eigenvalue weighted by atomic mass is 9.98. The number of carbonyl (C=O) groups is 2. The first-order valence-corrected chi connectivity index (χ1v) is 12.0. The molecule has 0 unspecified atom stereocenters. The lowest BCUT2D eigenvalue weighted by Crippen LogP contribution is -2.29. The number of esters is 1. The maximum Gasteiger partial charge on any atom is 0.350 e. The number of para-hydroxylation sites is 1. The molecule has 0 saturated carbocycles. The van der Waals surface area contributed by atoms with Gasteiger partial charge in [0.25, 0.3) is 5.91 Å². The summed E-state index contributed by atoms with van der Waals surface area (Å²) in [6.07, 6.45) is 0. The van der Waals surface area contributed by atoms with Crippen molar-refractivity contribution in [3.8, 4) is 5.75 Å². The summed E-state index contributed by atoms with van der Waals surface area (Å²) < 4.78 is 16.8. The van der Waals surface area contributed by atoms with Gasteiger partial charge in [-0.05, 0) is 50.6 Å². The van der Waals surface area contributed by atoms with E-state index in [9.17, 15) is 14.4 Å². The summed E-state index contributed by atoms with van der Waals surface area (Å²) in [6, 6.07) is 13.3. The summed E-state index contributed by atoms with van der Waals surface area (Å²) in [6.45, 7) is 5.97. The lowest BCUT2D eigenvalue weighted by molar-refractivity contribution is 0.0531. The van der Waals surface area contributed by atoms with Crippen LogP contribution >= 0.6 is 11.3 Å². The molecule has 0 spiro atoms. The van der Waals surface area contributed by atoms with Gasteiger partial charge in [0.05, 0.1) is 35.9 Å². The zero-order valence-corrected chi connectivity index (χ0v) is 20.2. The molecule has 1 amide bonds. The second kappa shape index (κ2) is 8.99. The van der Waals surface area contributed by atoms with E-state index in [4.69, 9.17) is 13.9 Å². The Morgan fingerprint density at radius 1 is 1.11 bits per heavy atom. The predicted molar refractivity (Wildman–Crippen MR) is 132 cm³/mol. The first-order chi connectivity index (χ1) is 16.9. The Morgan fingerprint density at radius 2 is 1.91 bits per heavy atom. The van der Waals surface area contributed by atoms with Gasteiger partial charge in [-0.25, -0.2) is 9.78 Å². The topological polar surface area (TPSA) is 98.9 Å². The number of nitrogens with zero attached hydrogens (tertiary/aromatic N) is 2. The fraction of sp³-hybridized carbons (Fsp3) is 0.231. The quantitative estimate of drug-likeness (QED) is 0.355. The van der Waals surface area contributed by atoms with E-state index in [1.807, 2.05) is 19.1 Å². The number of hydrogen-bond donors (Lipinski definition) is 0. The third-order valence-electron chi connectivity index (χ3n) is 5.71. The minimum Gasteiger partial charge on any atom is -0.494 e. The number of benzene rings is 2. The number of aryl methyl sites for hydroxylation is 1. The molecule has 1 atom stereocenters. The zero-order chi connectivity index (χ0) is 24.7. The Labute approximate surface area is 204 Å². The predicted octanol–water partition coefficient (Wildman–Crippen LogP) is 4.88. The third-order valence-corrected chi connectivity index (χ3v) is 6.85. The lowest BCUT2D eigenvalue weighted by Gasteiger charge is -2.23. The van der Waals surface area contributed by atoms with Crippen LogP contribution in [0.25, 0.3) is 11.0 Å². The molecule has 0 fully saturated rings. The Hall–Kier alpha value is -3.98. The number of rotatable bonds is 6. The maximum atomic E-state index is 13.7. The van der Waals surface area contributed by atoms with Gasteiger partial charge < -0.3 is 13.9 Å². The van der Waals surface area contributed by atoms with E-state index < -0.39 is 17.9 Å². The van der Waals surface area contributed by atoms with E-state index >= 15 is 0 Å². The molecule has 3 heterocycles. The number of hydrogen-bond acceptors (Lipinski definition) is 8. The smallest absolute Gasteiger partial charge is 0.350 e. The van der Waals surface area contributed by atoms with Gasteiger partial charge in [0.2, 0.25) is 5.76 Å². The Bertz CT molecular complexity index is 1520. The molecule has 178 valence electrons. The van der Waals surface area contributed by atoms with Crippen LogP contribution in [-0.4, -0.2) is 30.1 Å². The first-order valence-electron chi connectivity index (χ1n) is 11.2. The summed E-state index contributed by atoms with van der Waals surface area (Å²) in [4.78, 5) is 46.0. The Morgan fingerprint density at radius 3 is 2.69 bits per heavy atom. The van der Waals surface area contributed by atoms with E-state index in [0.717, 1.165) is 11.3 Å². The SMILES string of the molecule is CCOC(=O)c1sc(N2C(=O)c3oc4ccccc4c(=O)c3[C@@H]2c2cccc(OCC)c2)nc1C. The summed E-state index contributed by atoms with van der Waals surface area (Å²) >= 11 is 1.05. The van der Waals surface area contributed by atoms with Gasteiger partial charge in [-0.3, -0.25) is 14.5 Å². The summed E-state index contributed by atoms with van der Waals surface area (Å²) in [5.74, 6) is -0.434. The molecule has 4 aromatic rings. The second-order valence-electron chi connectivity index (χ2n) is 7.88. The number of ether oxygens (including phenoxy) is 2. The third kappa shape index (κ3) is 3.77. The minimum atomic E-state index is -0.806. The molecule has 2 aromatic heterocycles. The van der Waals surface area contributed by atoms with Crippen molar-refractivity contribution >= 4 is 39.3 Å². The van der Waals surface area contributed by atoms with Crippen molar-refractivity contribution < 1.29 is 23.5 Å². The molecule has 2 aromatic carbocycles. The van der Waals surface area contributed by atoms with Crippen LogP contribution in [-0.2, 0) is 4.74 Å². The van der Waals surface area contributed by atoms with Crippen molar-refractivity contribution in [1.29, 1.82) is 0 Å². The molecule has 0 saturated heterocycles. The molecule has 1 aliphatic rings. The van der Waals surface area contributed by atoms with Crippen LogP contribution in [0.5, 0.6) is 5.75 Å². The van der Waals surface area contributed by atoms with E-state index in [2.05, 4.69) is 4.98 Å². The summed E-state index contributed by atoms with van der Waals surface area (Å²) in [5, 5.41) is 0.659. The van der Waals surface area contributed by atoms with E-state index in [-0.39, 0.29) is 28.5 Å². The van der Waals surface area contributed by atoms with Crippen LogP contribution in [0.4, 0.5) is 5.13 Å². The number of anilines is 1. The number of thiazole rings is 1. The van der Waals surface area contributed by atoms with Gasteiger partial charge in [-0.2, -0.15) is 0 Å². The van der Waals surface area contributed by atoms with Crippen molar-refractivity contribution in [2.24, 2.45) is 0 Å². The maximum absolute atomic E-state index is 13.7. The molecular weight excluding hydrogens is 468 g/mol. The molecular formula is C26H22N2O6S. The highest BCUT2D eigenvalue weighted by molar-refractivity contribution is 7.17. The van der Waals surface area contributed by atoms with E-state index in [1.165, 1.54) is 4.90 Å². The van der Waals surface area contributed by atoms with Crippen LogP contribution in [0.3, 0.4) is 0 Å². The molecule has 9 heteroatoms. The Balaban J connectivity index is 1.74. The average Bonchev–Trinajstić information content (AvgIpc) is 3.37. The van der Waals surface area contributed by atoms with Gasteiger partial charge >= 0.3 is 5.97 Å². The highest BCUT2D eigenvalue weighted by Gasteiger charge is 2.45. The highest BCUT2D eigenvalue weighted by Crippen LogP contribution is 2.43. The van der Waals surface area contributed by atoms with Gasteiger partial charge in [0.1, 0.15) is 16.2 Å². The zero-order valence-electron chi connectivity index (χ0n) is 19.4. The highest BCUT2D eigenvalue weighted by atomic mass is 32.1. The molecule has 0 aliphatic carbocycles. The summed E-state index contributed by atoms with van der Waals surface area (Å²) in [5.41, 5.74) is 1.38. The standard InChI is InChI=1S/C26H22N2O6S/c1-4-32-16-10-8-9-15(13-16)20-19-21(29)17-11-6-7-12-18(17)34-22(19)24(30)28(20)26-27-14(3)23(35-26)25(31)33-5-2/h6-13,20H,4-5H2,1-3H3/t20-/m0/s1. The van der Waals surface area contributed by atoms with E-state index in [0.29, 0.717) is 39.5 Å². The number of amides is 1. The normalized spacial score (nSPS) is 14.9. The van der Waals surface area contributed by atoms with Crippen LogP contribution in [0, 0.1) is 6.92 Å². The van der Waals surface area contributed by atoms with Gasteiger partial charge in [-0.1, -0.05) is 35.6 Å². The van der Waals surface area contributed by atoms with Gasteiger partial charge in [-0.15, -0.1) is 0 Å². The van der Waals surface area contributed by atoms with Crippen LogP contribution in [0.1, 0.15) is 56.9 Å². The largest absolute Gasteiger partial charge is 0.494 e. The van der Waals surface area contributed by atoms with Gasteiger partial charge in [0, 0.05) is 0 Å². The molecule has 1 aliphatic heterocycles.